The molecule has 0 radical (unpaired) electrons. The highest BCUT2D eigenvalue weighted by atomic mass is 32.2. The normalized spacial score (nSPS) is 18.2. The Balaban J connectivity index is 1.90. The van der Waals surface area contributed by atoms with Crippen LogP contribution in [0.1, 0.15) is 44.2 Å². The predicted octanol–water partition coefficient (Wildman–Crippen LogP) is 1.02. The summed E-state index contributed by atoms with van der Waals surface area (Å²) >= 11 is 1.03. The Morgan fingerprint density at radius 2 is 2.00 bits per heavy atom. The van der Waals surface area contributed by atoms with E-state index >= 15 is 0 Å². The molecule has 0 aromatic heterocycles. The maximum Gasteiger partial charge on any atom is 0.305 e. The van der Waals surface area contributed by atoms with Gasteiger partial charge in [0, 0.05) is 18.8 Å². The van der Waals surface area contributed by atoms with Crippen LogP contribution in [-0.2, 0) is 25.5 Å². The number of esters is 1. The van der Waals surface area contributed by atoms with E-state index in [4.69, 9.17) is 4.74 Å². The van der Waals surface area contributed by atoms with Gasteiger partial charge < -0.3 is 20.0 Å². The zero-order chi connectivity index (χ0) is 20.5. The van der Waals surface area contributed by atoms with Crippen molar-refractivity contribution in [3.8, 4) is 0 Å². The summed E-state index contributed by atoms with van der Waals surface area (Å²) in [6.07, 6.45) is 1.54. The van der Waals surface area contributed by atoms with Gasteiger partial charge in [-0.25, -0.2) is 0 Å². The molecule has 0 aliphatic carbocycles. The highest BCUT2D eigenvalue weighted by Gasteiger charge is 2.30. The summed E-state index contributed by atoms with van der Waals surface area (Å²) in [4.78, 5) is 33.6. The number of carbonyl (C=O) groups excluding carboxylic acids is 3. The number of carbonyl (C=O) groups is 3. The first-order valence-electron chi connectivity index (χ1n) is 8.93. The van der Waals surface area contributed by atoms with E-state index in [0.29, 0.717) is 18.7 Å². The van der Waals surface area contributed by atoms with Crippen molar-refractivity contribution < 1.29 is 24.2 Å². The lowest BCUT2D eigenvalue weighted by molar-refractivity contribution is -0.305. The number of nitrogens with one attached hydrogen (secondary N) is 1. The van der Waals surface area contributed by atoms with Crippen LogP contribution in [0.4, 0.5) is 0 Å². The van der Waals surface area contributed by atoms with Crippen molar-refractivity contribution >= 4 is 40.5 Å². The number of carboxylic acids is 1. The lowest BCUT2D eigenvalue weighted by atomic mass is 10.0. The van der Waals surface area contributed by atoms with Gasteiger partial charge in [0.1, 0.15) is 0 Å². The zero-order valence-electron chi connectivity index (χ0n) is 15.8. The molecular formula is C19H22N3O5S-. The van der Waals surface area contributed by atoms with Gasteiger partial charge in [0.25, 0.3) is 0 Å². The fraction of sp³-hybridized carbons (Fsp3) is 0.421. The number of nitrogens with zero attached hydrogens (tertiary/aromatic N) is 2. The third kappa shape index (κ3) is 6.80. The van der Waals surface area contributed by atoms with Gasteiger partial charge in [0.05, 0.1) is 17.6 Å². The SMILES string of the molecule is CCOC(=O)CCCc1ccc(/C(C)=N\N=C2/NC(=O)[C@@H](CC(=O)[O-])S2)cc1. The van der Waals surface area contributed by atoms with Crippen LogP contribution in [0.25, 0.3) is 0 Å². The van der Waals surface area contributed by atoms with Gasteiger partial charge in [0.15, 0.2) is 5.17 Å². The summed E-state index contributed by atoms with van der Waals surface area (Å²) in [5.41, 5.74) is 2.64. The molecule has 1 atom stereocenters. The summed E-state index contributed by atoms with van der Waals surface area (Å²) in [6, 6.07) is 7.76. The molecule has 28 heavy (non-hydrogen) atoms. The first kappa shape index (κ1) is 21.6. The van der Waals surface area contributed by atoms with Crippen LogP contribution >= 0.6 is 11.8 Å². The lowest BCUT2D eigenvalue weighted by Gasteiger charge is -2.04. The second-order valence-electron chi connectivity index (χ2n) is 6.12. The summed E-state index contributed by atoms with van der Waals surface area (Å²) in [5, 5.41) is 20.7. The number of benzene rings is 1. The molecule has 2 rings (SSSR count). The number of amidine groups is 1. The number of thioether (sulfide) groups is 1. The molecule has 8 nitrogen and oxygen atoms in total. The van der Waals surface area contributed by atoms with Crippen LogP contribution in [0.15, 0.2) is 34.5 Å². The summed E-state index contributed by atoms with van der Waals surface area (Å²) in [7, 11) is 0. The Kier molecular flexibility index (Phi) is 8.19. The Morgan fingerprint density at radius 1 is 1.29 bits per heavy atom. The van der Waals surface area contributed by atoms with E-state index in [1.807, 2.05) is 24.3 Å². The van der Waals surface area contributed by atoms with Crippen molar-refractivity contribution in [1.82, 2.24) is 5.32 Å². The molecule has 0 bridgehead atoms. The maximum absolute atomic E-state index is 11.7. The van der Waals surface area contributed by atoms with Gasteiger partial charge in [0.2, 0.25) is 5.91 Å². The van der Waals surface area contributed by atoms with E-state index in [1.54, 1.807) is 13.8 Å². The number of hydrogen-bond donors (Lipinski definition) is 1. The number of hydrogen-bond acceptors (Lipinski definition) is 8. The highest BCUT2D eigenvalue weighted by molar-refractivity contribution is 8.15. The molecule has 0 unspecified atom stereocenters. The van der Waals surface area contributed by atoms with Crippen molar-refractivity contribution in [2.24, 2.45) is 10.2 Å². The summed E-state index contributed by atoms with van der Waals surface area (Å²) < 4.78 is 4.90. The molecule has 1 aromatic carbocycles. The van der Waals surface area contributed by atoms with Crippen LogP contribution < -0.4 is 10.4 Å². The first-order chi connectivity index (χ1) is 13.4. The molecule has 0 spiro atoms. The van der Waals surface area contributed by atoms with Gasteiger partial charge in [-0.2, -0.15) is 5.10 Å². The minimum Gasteiger partial charge on any atom is -0.550 e. The number of aliphatic carboxylic acids is 1. The van der Waals surface area contributed by atoms with Crippen LogP contribution in [0.2, 0.25) is 0 Å². The Morgan fingerprint density at radius 3 is 2.64 bits per heavy atom. The van der Waals surface area contributed by atoms with Gasteiger partial charge >= 0.3 is 5.97 Å². The van der Waals surface area contributed by atoms with Crippen molar-refractivity contribution in [3.63, 3.8) is 0 Å². The number of carboxylic acid groups (broad SMARTS) is 1. The molecule has 1 aliphatic heterocycles. The molecule has 9 heteroatoms. The fourth-order valence-corrected chi connectivity index (χ4v) is 3.40. The maximum atomic E-state index is 11.7. The minimum atomic E-state index is -1.28. The molecule has 1 fully saturated rings. The standard InChI is InChI=1S/C19H23N3O5S/c1-3-27-17(25)6-4-5-13-7-9-14(10-8-13)12(2)21-22-19-20-18(26)15(28-19)11-16(23)24/h7-10,15H,3-6,11H2,1-2H3,(H,23,24)(H,20,22,26)/p-1/b21-12-/t15-/m1/s1. The van der Waals surface area contributed by atoms with Crippen molar-refractivity contribution in [3.05, 3.63) is 35.4 Å². The third-order valence-electron chi connectivity index (χ3n) is 3.94. The van der Waals surface area contributed by atoms with E-state index in [2.05, 4.69) is 15.5 Å². The number of ether oxygens (including phenoxy) is 1. The fourth-order valence-electron chi connectivity index (χ4n) is 2.50. The van der Waals surface area contributed by atoms with E-state index in [9.17, 15) is 19.5 Å². The summed E-state index contributed by atoms with van der Waals surface area (Å²) in [5.74, 6) is -1.87. The molecule has 1 saturated heterocycles. The summed E-state index contributed by atoms with van der Waals surface area (Å²) in [6.45, 7) is 3.98. The average molecular weight is 404 g/mol. The molecule has 1 aromatic rings. The molecule has 1 amide bonds. The largest absolute Gasteiger partial charge is 0.550 e. The molecule has 0 saturated carbocycles. The van der Waals surface area contributed by atoms with Crippen LogP contribution in [0, 0.1) is 0 Å². The third-order valence-corrected chi connectivity index (χ3v) is 5.01. The van der Waals surface area contributed by atoms with Crippen LogP contribution in [0.3, 0.4) is 0 Å². The average Bonchev–Trinajstić information content (AvgIpc) is 2.99. The van der Waals surface area contributed by atoms with Gasteiger partial charge in [-0.15, -0.1) is 5.10 Å². The second-order valence-corrected chi connectivity index (χ2v) is 7.31. The van der Waals surface area contributed by atoms with Gasteiger partial charge in [-0.05, 0) is 37.8 Å². The molecule has 1 aliphatic rings. The Labute approximate surface area is 167 Å². The highest BCUT2D eigenvalue weighted by Crippen LogP contribution is 2.22. The topological polar surface area (TPSA) is 120 Å². The Hall–Kier alpha value is -2.68. The Bertz CT molecular complexity index is 789. The monoisotopic (exact) mass is 404 g/mol. The van der Waals surface area contributed by atoms with E-state index < -0.39 is 17.1 Å². The molecule has 1 heterocycles. The van der Waals surface area contributed by atoms with Crippen LogP contribution in [0.5, 0.6) is 0 Å². The quantitative estimate of drug-likeness (QED) is 0.373. The first-order valence-corrected chi connectivity index (χ1v) is 9.81. The van der Waals surface area contributed by atoms with Crippen LogP contribution in [-0.4, -0.2) is 40.6 Å². The number of rotatable bonds is 9. The lowest BCUT2D eigenvalue weighted by Crippen LogP contribution is -2.31. The van der Waals surface area contributed by atoms with Crippen molar-refractivity contribution in [2.45, 2.75) is 44.8 Å². The second kappa shape index (κ2) is 10.6. The molecule has 150 valence electrons. The molecule has 1 N–H and O–H groups in total. The molecular weight excluding hydrogens is 382 g/mol. The number of amides is 1. The van der Waals surface area contributed by atoms with Crippen molar-refractivity contribution in [1.29, 1.82) is 0 Å². The van der Waals surface area contributed by atoms with E-state index in [-0.39, 0.29) is 17.6 Å². The van der Waals surface area contributed by atoms with E-state index in [0.717, 1.165) is 35.7 Å². The predicted molar refractivity (Wildman–Crippen MR) is 105 cm³/mol. The smallest absolute Gasteiger partial charge is 0.305 e. The zero-order valence-corrected chi connectivity index (χ0v) is 16.6. The van der Waals surface area contributed by atoms with Crippen molar-refractivity contribution in [2.75, 3.05) is 6.61 Å². The van der Waals surface area contributed by atoms with Gasteiger partial charge in [-0.1, -0.05) is 36.0 Å². The number of aryl methyl sites for hydroxylation is 1. The minimum absolute atomic E-state index is 0.181. The van der Waals surface area contributed by atoms with E-state index in [1.165, 1.54) is 0 Å². The van der Waals surface area contributed by atoms with Gasteiger partial charge in [-0.3, -0.25) is 9.59 Å².